The number of amides is 2. The first-order chi connectivity index (χ1) is 17.4. The van der Waals surface area contributed by atoms with E-state index in [4.69, 9.17) is 0 Å². The number of carbonyl (C=O) groups excluding carboxylic acids is 6. The van der Waals surface area contributed by atoms with Gasteiger partial charge in [-0.3, -0.25) is 33.7 Å². The van der Waals surface area contributed by atoms with Crippen molar-refractivity contribution < 1.29 is 28.8 Å². The van der Waals surface area contributed by atoms with Crippen LogP contribution in [0.3, 0.4) is 0 Å². The van der Waals surface area contributed by atoms with E-state index in [9.17, 15) is 28.8 Å². The number of likely N-dealkylation sites (N-methyl/N-ethyl adjacent to an activating group) is 1. The second kappa shape index (κ2) is 16.5. The lowest BCUT2D eigenvalue weighted by Gasteiger charge is -2.23. The van der Waals surface area contributed by atoms with Gasteiger partial charge in [0.1, 0.15) is 17.3 Å². The zero-order chi connectivity index (χ0) is 28.0. The molecule has 1 rings (SSSR count). The highest BCUT2D eigenvalue weighted by molar-refractivity contribution is 5.94. The van der Waals surface area contributed by atoms with E-state index in [1.165, 1.54) is 13.8 Å². The monoisotopic (exact) mass is 515 g/mol. The van der Waals surface area contributed by atoms with Gasteiger partial charge in [-0.1, -0.05) is 44.2 Å². The van der Waals surface area contributed by atoms with Crippen molar-refractivity contribution >= 4 is 34.9 Å². The van der Waals surface area contributed by atoms with Crippen molar-refractivity contribution in [1.82, 2.24) is 15.5 Å². The molecule has 0 saturated carbocycles. The fourth-order valence-corrected chi connectivity index (χ4v) is 3.98. The van der Waals surface area contributed by atoms with Crippen LogP contribution in [0.15, 0.2) is 30.3 Å². The summed E-state index contributed by atoms with van der Waals surface area (Å²) in [6.07, 6.45) is 0.556. The fraction of sp³-hybridized carbons (Fsp3) is 0.571. The first kappa shape index (κ1) is 31.8. The standard InChI is InChI=1S/C28H41N3O6/c1-19(2)13-25(30-27(36)12-11-24(34)18-31(5)17-21(4)33)26(35)15-23(28(37)29-16-20(3)32)14-22-9-7-6-8-10-22/h6-10,19,23,25H,11-18H2,1-5H3,(H,29,37)(H,30,36). The van der Waals surface area contributed by atoms with E-state index in [1.807, 2.05) is 44.2 Å². The largest absolute Gasteiger partial charge is 0.349 e. The van der Waals surface area contributed by atoms with Crippen LogP contribution in [-0.2, 0) is 35.2 Å². The molecular formula is C28H41N3O6. The van der Waals surface area contributed by atoms with Gasteiger partial charge in [-0.2, -0.15) is 0 Å². The number of carbonyl (C=O) groups is 6. The number of hydrogen-bond acceptors (Lipinski definition) is 7. The Balaban J connectivity index is 2.83. The number of hydrogen-bond donors (Lipinski definition) is 2. The molecule has 0 bridgehead atoms. The molecule has 1 aromatic rings. The Morgan fingerprint density at radius 2 is 1.54 bits per heavy atom. The minimum absolute atomic E-state index is 0.000746. The Bertz CT molecular complexity index is 944. The highest BCUT2D eigenvalue weighted by atomic mass is 16.2. The van der Waals surface area contributed by atoms with E-state index < -0.39 is 17.9 Å². The van der Waals surface area contributed by atoms with Gasteiger partial charge in [-0.05, 0) is 45.2 Å². The maximum absolute atomic E-state index is 13.3. The summed E-state index contributed by atoms with van der Waals surface area (Å²) in [7, 11) is 1.66. The summed E-state index contributed by atoms with van der Waals surface area (Å²) in [5.74, 6) is -2.07. The highest BCUT2D eigenvalue weighted by Gasteiger charge is 2.28. The summed E-state index contributed by atoms with van der Waals surface area (Å²) in [5, 5.41) is 5.35. The summed E-state index contributed by atoms with van der Waals surface area (Å²) in [6, 6.07) is 8.51. The average Bonchev–Trinajstić information content (AvgIpc) is 2.80. The Morgan fingerprint density at radius 3 is 2.11 bits per heavy atom. The molecule has 9 heteroatoms. The van der Waals surface area contributed by atoms with Crippen LogP contribution in [0.5, 0.6) is 0 Å². The molecule has 37 heavy (non-hydrogen) atoms. The second-order valence-electron chi connectivity index (χ2n) is 10.1. The molecule has 2 unspecified atom stereocenters. The van der Waals surface area contributed by atoms with Crippen LogP contribution in [-0.4, -0.2) is 72.6 Å². The SMILES string of the molecule is CC(=O)CNC(=O)C(CC(=O)C(CC(C)C)NC(=O)CCC(=O)CN(C)CC(C)=O)Cc1ccccc1. The third-order valence-electron chi connectivity index (χ3n) is 5.66. The van der Waals surface area contributed by atoms with Gasteiger partial charge >= 0.3 is 0 Å². The summed E-state index contributed by atoms with van der Waals surface area (Å²) < 4.78 is 0. The predicted octanol–water partition coefficient (Wildman–Crippen LogP) is 1.91. The van der Waals surface area contributed by atoms with Crippen molar-refractivity contribution in [3.8, 4) is 0 Å². The topological polar surface area (TPSA) is 130 Å². The van der Waals surface area contributed by atoms with Crippen LogP contribution in [0.4, 0.5) is 0 Å². The lowest BCUT2D eigenvalue weighted by Crippen LogP contribution is -2.44. The van der Waals surface area contributed by atoms with Crippen molar-refractivity contribution in [2.75, 3.05) is 26.7 Å². The lowest BCUT2D eigenvalue weighted by molar-refractivity contribution is -0.133. The van der Waals surface area contributed by atoms with Crippen LogP contribution in [0.1, 0.15) is 58.9 Å². The van der Waals surface area contributed by atoms with Gasteiger partial charge in [0, 0.05) is 25.2 Å². The van der Waals surface area contributed by atoms with Gasteiger partial charge < -0.3 is 10.6 Å². The van der Waals surface area contributed by atoms with Crippen LogP contribution < -0.4 is 10.6 Å². The molecule has 0 fully saturated rings. The molecule has 2 amide bonds. The van der Waals surface area contributed by atoms with Crippen LogP contribution >= 0.6 is 0 Å². The molecule has 204 valence electrons. The molecule has 0 aliphatic heterocycles. The van der Waals surface area contributed by atoms with Crippen molar-refractivity contribution in [3.05, 3.63) is 35.9 Å². The van der Waals surface area contributed by atoms with Crippen molar-refractivity contribution in [2.24, 2.45) is 11.8 Å². The van der Waals surface area contributed by atoms with E-state index in [-0.39, 0.29) is 73.9 Å². The zero-order valence-electron chi connectivity index (χ0n) is 22.7. The molecule has 0 spiro atoms. The molecule has 0 aromatic heterocycles. The summed E-state index contributed by atoms with van der Waals surface area (Å²) >= 11 is 0. The highest BCUT2D eigenvalue weighted by Crippen LogP contribution is 2.17. The third-order valence-corrected chi connectivity index (χ3v) is 5.66. The number of nitrogens with one attached hydrogen (secondary N) is 2. The van der Waals surface area contributed by atoms with Gasteiger partial charge in [0.2, 0.25) is 11.8 Å². The first-order valence-electron chi connectivity index (χ1n) is 12.7. The number of Topliss-reactive ketones (excluding diaryl/α,β-unsaturated/α-hetero) is 4. The van der Waals surface area contributed by atoms with E-state index >= 15 is 0 Å². The molecule has 0 aliphatic carbocycles. The smallest absolute Gasteiger partial charge is 0.224 e. The molecule has 9 nitrogen and oxygen atoms in total. The molecule has 0 heterocycles. The molecule has 0 saturated heterocycles. The van der Waals surface area contributed by atoms with Crippen molar-refractivity contribution in [3.63, 3.8) is 0 Å². The Kier molecular flexibility index (Phi) is 14.2. The summed E-state index contributed by atoms with van der Waals surface area (Å²) in [5.41, 5.74) is 0.885. The average molecular weight is 516 g/mol. The summed E-state index contributed by atoms with van der Waals surface area (Å²) in [6.45, 7) is 6.80. The fourth-order valence-electron chi connectivity index (χ4n) is 3.98. The second-order valence-corrected chi connectivity index (χ2v) is 10.1. The van der Waals surface area contributed by atoms with Gasteiger partial charge in [0.25, 0.3) is 0 Å². The van der Waals surface area contributed by atoms with Crippen molar-refractivity contribution in [1.29, 1.82) is 0 Å². The Labute approximate surface area is 219 Å². The molecule has 0 radical (unpaired) electrons. The first-order valence-corrected chi connectivity index (χ1v) is 12.7. The molecule has 1 aromatic carbocycles. The van der Waals surface area contributed by atoms with E-state index in [1.54, 1.807) is 11.9 Å². The quantitative estimate of drug-likeness (QED) is 0.305. The van der Waals surface area contributed by atoms with Crippen molar-refractivity contribution in [2.45, 2.75) is 65.8 Å². The van der Waals surface area contributed by atoms with Gasteiger partial charge in [-0.15, -0.1) is 0 Å². The van der Waals surface area contributed by atoms with E-state index in [0.29, 0.717) is 12.8 Å². The van der Waals surface area contributed by atoms with E-state index in [2.05, 4.69) is 10.6 Å². The lowest BCUT2D eigenvalue weighted by atomic mass is 9.89. The normalized spacial score (nSPS) is 12.6. The third kappa shape index (κ3) is 14.2. The number of benzene rings is 1. The molecule has 2 N–H and O–H groups in total. The van der Waals surface area contributed by atoms with Gasteiger partial charge in [-0.25, -0.2) is 0 Å². The van der Waals surface area contributed by atoms with E-state index in [0.717, 1.165) is 5.56 Å². The zero-order valence-corrected chi connectivity index (χ0v) is 22.7. The Morgan fingerprint density at radius 1 is 0.892 bits per heavy atom. The maximum Gasteiger partial charge on any atom is 0.224 e. The van der Waals surface area contributed by atoms with Crippen LogP contribution in [0.25, 0.3) is 0 Å². The number of ketones is 4. The molecule has 0 aliphatic rings. The predicted molar refractivity (Wildman–Crippen MR) is 141 cm³/mol. The molecule has 2 atom stereocenters. The van der Waals surface area contributed by atoms with Crippen LogP contribution in [0, 0.1) is 11.8 Å². The summed E-state index contributed by atoms with van der Waals surface area (Å²) in [4.78, 5) is 75.0. The van der Waals surface area contributed by atoms with Gasteiger partial charge in [0.05, 0.1) is 25.7 Å². The minimum atomic E-state index is -0.790. The Hall–Kier alpha value is -3.20. The minimum Gasteiger partial charge on any atom is -0.349 e. The molecular weight excluding hydrogens is 474 g/mol. The number of rotatable bonds is 18. The maximum atomic E-state index is 13.3. The number of nitrogens with zero attached hydrogens (tertiary/aromatic N) is 1. The van der Waals surface area contributed by atoms with Crippen LogP contribution in [0.2, 0.25) is 0 Å². The van der Waals surface area contributed by atoms with Gasteiger partial charge in [0.15, 0.2) is 5.78 Å².